The zero-order valence-corrected chi connectivity index (χ0v) is 13.9. The van der Waals surface area contributed by atoms with Gasteiger partial charge in [-0.2, -0.15) is 0 Å². The van der Waals surface area contributed by atoms with Crippen LogP contribution in [0.15, 0.2) is 53.4 Å². The SMILES string of the molecule is O=C(O)Cc1ccc(CCCCSc2ccc(Cl)cc2)cc1. The highest BCUT2D eigenvalue weighted by Crippen LogP contribution is 2.21. The van der Waals surface area contributed by atoms with Crippen LogP contribution in [0.4, 0.5) is 0 Å². The van der Waals surface area contributed by atoms with Crippen molar-refractivity contribution in [2.75, 3.05) is 5.75 Å². The van der Waals surface area contributed by atoms with Crippen LogP contribution >= 0.6 is 23.4 Å². The summed E-state index contributed by atoms with van der Waals surface area (Å²) in [5.41, 5.74) is 2.13. The Morgan fingerprint density at radius 1 is 0.955 bits per heavy atom. The van der Waals surface area contributed by atoms with E-state index in [-0.39, 0.29) is 6.42 Å². The number of halogens is 1. The molecule has 0 spiro atoms. The Labute approximate surface area is 140 Å². The number of carbonyl (C=O) groups is 1. The van der Waals surface area contributed by atoms with Gasteiger partial charge < -0.3 is 5.11 Å². The second-order valence-corrected chi connectivity index (χ2v) is 6.75. The second-order valence-electron chi connectivity index (χ2n) is 5.15. The molecule has 0 bridgehead atoms. The maximum absolute atomic E-state index is 10.6. The van der Waals surface area contributed by atoms with Crippen LogP contribution in [0.5, 0.6) is 0 Å². The predicted molar refractivity (Wildman–Crippen MR) is 92.9 cm³/mol. The first-order valence-corrected chi connectivity index (χ1v) is 8.68. The fraction of sp³-hybridized carbons (Fsp3) is 0.278. The van der Waals surface area contributed by atoms with E-state index in [2.05, 4.69) is 0 Å². The molecule has 0 aliphatic rings. The standard InChI is InChI=1S/C18H19ClO2S/c19-16-8-10-17(11-9-16)22-12-2-1-3-14-4-6-15(7-5-14)13-18(20)21/h4-11H,1-3,12-13H2,(H,20,21). The minimum Gasteiger partial charge on any atom is -0.481 e. The van der Waals surface area contributed by atoms with E-state index < -0.39 is 5.97 Å². The lowest BCUT2D eigenvalue weighted by molar-refractivity contribution is -0.136. The number of hydrogen-bond acceptors (Lipinski definition) is 2. The first-order valence-electron chi connectivity index (χ1n) is 7.31. The molecule has 0 fully saturated rings. The van der Waals surface area contributed by atoms with Crippen LogP contribution in [0, 0.1) is 0 Å². The molecule has 116 valence electrons. The van der Waals surface area contributed by atoms with Gasteiger partial charge in [0.25, 0.3) is 0 Å². The smallest absolute Gasteiger partial charge is 0.307 e. The number of carboxylic acids is 1. The van der Waals surface area contributed by atoms with Crippen LogP contribution in [0.3, 0.4) is 0 Å². The van der Waals surface area contributed by atoms with E-state index in [0.717, 1.165) is 35.6 Å². The van der Waals surface area contributed by atoms with Crippen molar-refractivity contribution in [2.24, 2.45) is 0 Å². The van der Waals surface area contributed by atoms with E-state index in [4.69, 9.17) is 16.7 Å². The van der Waals surface area contributed by atoms with Gasteiger partial charge in [-0.3, -0.25) is 4.79 Å². The van der Waals surface area contributed by atoms with E-state index >= 15 is 0 Å². The molecule has 0 unspecified atom stereocenters. The Morgan fingerprint density at radius 3 is 2.23 bits per heavy atom. The number of aryl methyl sites for hydroxylation is 1. The van der Waals surface area contributed by atoms with Crippen molar-refractivity contribution in [1.29, 1.82) is 0 Å². The van der Waals surface area contributed by atoms with Gasteiger partial charge >= 0.3 is 5.97 Å². The third-order valence-corrected chi connectivity index (χ3v) is 4.67. The molecule has 0 aliphatic carbocycles. The largest absolute Gasteiger partial charge is 0.481 e. The molecule has 2 aromatic carbocycles. The number of unbranched alkanes of at least 4 members (excludes halogenated alkanes) is 1. The summed E-state index contributed by atoms with van der Waals surface area (Å²) in [7, 11) is 0. The fourth-order valence-electron chi connectivity index (χ4n) is 2.15. The summed E-state index contributed by atoms with van der Waals surface area (Å²) in [6, 6.07) is 15.8. The van der Waals surface area contributed by atoms with Crippen LogP contribution in [-0.2, 0) is 17.6 Å². The Kier molecular flexibility index (Phi) is 6.81. The lowest BCUT2D eigenvalue weighted by Gasteiger charge is -2.04. The van der Waals surface area contributed by atoms with Crippen molar-refractivity contribution in [1.82, 2.24) is 0 Å². The van der Waals surface area contributed by atoms with Gasteiger partial charge in [0, 0.05) is 9.92 Å². The highest BCUT2D eigenvalue weighted by molar-refractivity contribution is 7.99. The molecular formula is C18H19ClO2S. The van der Waals surface area contributed by atoms with E-state index in [1.54, 1.807) is 0 Å². The van der Waals surface area contributed by atoms with Crippen LogP contribution in [-0.4, -0.2) is 16.8 Å². The molecule has 1 N–H and O–H groups in total. The van der Waals surface area contributed by atoms with Gasteiger partial charge in [-0.15, -0.1) is 11.8 Å². The van der Waals surface area contributed by atoms with Gasteiger partial charge in [-0.1, -0.05) is 35.9 Å². The third kappa shape index (κ3) is 6.12. The summed E-state index contributed by atoms with van der Waals surface area (Å²) in [6.07, 6.45) is 3.43. The van der Waals surface area contributed by atoms with Crippen molar-refractivity contribution >= 4 is 29.3 Å². The second kappa shape index (κ2) is 8.86. The number of rotatable bonds is 8. The molecule has 0 amide bonds. The minimum atomic E-state index is -0.785. The monoisotopic (exact) mass is 334 g/mol. The zero-order chi connectivity index (χ0) is 15.8. The first kappa shape index (κ1) is 16.9. The molecule has 0 atom stereocenters. The van der Waals surface area contributed by atoms with Crippen molar-refractivity contribution < 1.29 is 9.90 Å². The quantitative estimate of drug-likeness (QED) is 0.540. The van der Waals surface area contributed by atoms with Crippen molar-refractivity contribution in [3.63, 3.8) is 0 Å². The molecule has 0 saturated heterocycles. The van der Waals surface area contributed by atoms with Gasteiger partial charge in [0.1, 0.15) is 0 Å². The zero-order valence-electron chi connectivity index (χ0n) is 12.3. The van der Waals surface area contributed by atoms with Gasteiger partial charge in [0.2, 0.25) is 0 Å². The van der Waals surface area contributed by atoms with Gasteiger partial charge in [0.05, 0.1) is 6.42 Å². The summed E-state index contributed by atoms with van der Waals surface area (Å²) < 4.78 is 0. The van der Waals surface area contributed by atoms with E-state index in [1.807, 2.05) is 60.3 Å². The van der Waals surface area contributed by atoms with Gasteiger partial charge in [-0.25, -0.2) is 0 Å². The third-order valence-electron chi connectivity index (χ3n) is 3.32. The van der Waals surface area contributed by atoms with Crippen LogP contribution in [0.1, 0.15) is 24.0 Å². The minimum absolute atomic E-state index is 0.0953. The van der Waals surface area contributed by atoms with Crippen molar-refractivity contribution in [3.05, 3.63) is 64.7 Å². The van der Waals surface area contributed by atoms with Crippen molar-refractivity contribution in [2.45, 2.75) is 30.6 Å². The maximum atomic E-state index is 10.6. The summed E-state index contributed by atoms with van der Waals surface area (Å²) in [5.74, 6) is 0.311. The lowest BCUT2D eigenvalue weighted by Crippen LogP contribution is -1.99. The number of benzene rings is 2. The Hall–Kier alpha value is -1.45. The number of hydrogen-bond donors (Lipinski definition) is 1. The highest BCUT2D eigenvalue weighted by Gasteiger charge is 2.01. The Morgan fingerprint density at radius 2 is 1.59 bits per heavy atom. The molecule has 22 heavy (non-hydrogen) atoms. The van der Waals surface area contributed by atoms with Crippen LogP contribution < -0.4 is 0 Å². The normalized spacial score (nSPS) is 10.6. The van der Waals surface area contributed by atoms with E-state index in [9.17, 15) is 4.79 Å². The van der Waals surface area contributed by atoms with Crippen LogP contribution in [0.25, 0.3) is 0 Å². The topological polar surface area (TPSA) is 37.3 Å². The lowest BCUT2D eigenvalue weighted by atomic mass is 10.1. The fourth-order valence-corrected chi connectivity index (χ4v) is 3.19. The van der Waals surface area contributed by atoms with Gasteiger partial charge in [-0.05, 0) is 60.4 Å². The summed E-state index contributed by atoms with van der Waals surface area (Å²) >= 11 is 7.71. The Bertz CT molecular complexity index is 593. The average molecular weight is 335 g/mol. The predicted octanol–water partition coefficient (Wildman–Crippen LogP) is 5.08. The molecule has 0 aliphatic heterocycles. The molecule has 0 saturated carbocycles. The number of thioether (sulfide) groups is 1. The number of aliphatic carboxylic acids is 1. The summed E-state index contributed by atoms with van der Waals surface area (Å²) in [4.78, 5) is 11.9. The van der Waals surface area contributed by atoms with Crippen molar-refractivity contribution in [3.8, 4) is 0 Å². The summed E-state index contributed by atoms with van der Waals surface area (Å²) in [6.45, 7) is 0. The maximum Gasteiger partial charge on any atom is 0.307 e. The Balaban J connectivity index is 1.66. The highest BCUT2D eigenvalue weighted by atomic mass is 35.5. The molecule has 0 aromatic heterocycles. The molecular weight excluding hydrogens is 316 g/mol. The summed E-state index contributed by atoms with van der Waals surface area (Å²) in [5, 5.41) is 9.51. The molecule has 4 heteroatoms. The average Bonchev–Trinajstić information content (AvgIpc) is 2.50. The molecule has 0 heterocycles. The molecule has 2 nitrogen and oxygen atoms in total. The van der Waals surface area contributed by atoms with Crippen LogP contribution in [0.2, 0.25) is 5.02 Å². The van der Waals surface area contributed by atoms with E-state index in [1.165, 1.54) is 10.5 Å². The number of carboxylic acid groups (broad SMARTS) is 1. The first-order chi connectivity index (χ1) is 10.6. The van der Waals surface area contributed by atoms with E-state index in [0.29, 0.717) is 0 Å². The molecule has 0 radical (unpaired) electrons. The molecule has 2 aromatic rings. The molecule has 2 rings (SSSR count). The van der Waals surface area contributed by atoms with Gasteiger partial charge in [0.15, 0.2) is 0 Å².